The molecule has 0 unspecified atom stereocenters. The summed E-state index contributed by atoms with van der Waals surface area (Å²) in [6, 6.07) is 7.35. The highest BCUT2D eigenvalue weighted by Crippen LogP contribution is 2.22. The van der Waals surface area contributed by atoms with Crippen LogP contribution < -0.4 is 4.74 Å². The van der Waals surface area contributed by atoms with Crippen LogP contribution in [0.15, 0.2) is 24.3 Å². The molecule has 3 heteroatoms. The van der Waals surface area contributed by atoms with Gasteiger partial charge in [-0.3, -0.25) is 9.59 Å². The van der Waals surface area contributed by atoms with Crippen LogP contribution in [0.25, 0.3) is 0 Å². The fourth-order valence-corrected chi connectivity index (χ4v) is 1.44. The molecule has 0 radical (unpaired) electrons. The Morgan fingerprint density at radius 2 is 1.94 bits per heavy atom. The summed E-state index contributed by atoms with van der Waals surface area (Å²) in [5.41, 5.74) is 0.900. The summed E-state index contributed by atoms with van der Waals surface area (Å²) in [4.78, 5) is 22.5. The topological polar surface area (TPSA) is 43.4 Å². The Hall–Kier alpha value is -1.64. The van der Waals surface area contributed by atoms with Crippen LogP contribution in [0.3, 0.4) is 0 Å². The summed E-state index contributed by atoms with van der Waals surface area (Å²) in [6.07, 6.45) is 0.944. The van der Waals surface area contributed by atoms with Crippen LogP contribution in [-0.2, 0) is 16.0 Å². The first kappa shape index (κ1) is 13.4. The summed E-state index contributed by atoms with van der Waals surface area (Å²) in [6.45, 7) is 5.20. The lowest BCUT2D eigenvalue weighted by molar-refractivity contribution is -0.134. The van der Waals surface area contributed by atoms with Gasteiger partial charge in [-0.1, -0.05) is 32.0 Å². The number of para-hydroxylation sites is 1. The van der Waals surface area contributed by atoms with Crippen molar-refractivity contribution in [3.05, 3.63) is 29.8 Å². The van der Waals surface area contributed by atoms with E-state index in [-0.39, 0.29) is 17.7 Å². The summed E-state index contributed by atoms with van der Waals surface area (Å²) < 4.78 is 5.23. The number of hydrogen-bond acceptors (Lipinski definition) is 3. The number of Topliss-reactive ketones (excluding diaryl/α,β-unsaturated/α-hetero) is 1. The zero-order chi connectivity index (χ0) is 12.8. The summed E-state index contributed by atoms with van der Waals surface area (Å²) >= 11 is 0. The maximum Gasteiger partial charge on any atom is 0.310 e. The van der Waals surface area contributed by atoms with E-state index in [2.05, 4.69) is 0 Å². The Balaban J connectivity index is 2.84. The number of rotatable bonds is 5. The van der Waals surface area contributed by atoms with Crippen LogP contribution in [-0.4, -0.2) is 11.8 Å². The molecule has 1 rings (SSSR count). The van der Waals surface area contributed by atoms with Crippen LogP contribution in [0.5, 0.6) is 5.75 Å². The number of ketones is 1. The minimum Gasteiger partial charge on any atom is -0.426 e. The van der Waals surface area contributed by atoms with Gasteiger partial charge in [-0.2, -0.15) is 0 Å². The van der Waals surface area contributed by atoms with E-state index in [9.17, 15) is 9.59 Å². The van der Waals surface area contributed by atoms with Crippen molar-refractivity contribution in [2.24, 2.45) is 5.92 Å². The molecule has 0 saturated carbocycles. The molecule has 0 aromatic heterocycles. The summed E-state index contributed by atoms with van der Waals surface area (Å²) in [7, 11) is 0. The van der Waals surface area contributed by atoms with E-state index in [1.165, 1.54) is 0 Å². The average molecular weight is 234 g/mol. The Labute approximate surface area is 102 Å². The van der Waals surface area contributed by atoms with Gasteiger partial charge >= 0.3 is 5.97 Å². The third-order valence-corrected chi connectivity index (χ3v) is 2.71. The number of hydrogen-bond donors (Lipinski definition) is 0. The van der Waals surface area contributed by atoms with Gasteiger partial charge in [-0.25, -0.2) is 0 Å². The minimum atomic E-state index is -0.257. The lowest BCUT2D eigenvalue weighted by Gasteiger charge is -2.12. The number of carbonyl (C=O) groups is 2. The van der Waals surface area contributed by atoms with Gasteiger partial charge < -0.3 is 4.74 Å². The maximum atomic E-state index is 11.3. The second-order valence-corrected chi connectivity index (χ2v) is 4.15. The van der Waals surface area contributed by atoms with E-state index in [4.69, 9.17) is 4.74 Å². The first-order chi connectivity index (χ1) is 8.04. The third-order valence-electron chi connectivity index (χ3n) is 2.71. The molecule has 0 saturated heterocycles. The second-order valence-electron chi connectivity index (χ2n) is 4.15. The molecule has 0 fully saturated rings. The van der Waals surface area contributed by atoms with E-state index in [0.717, 1.165) is 5.56 Å². The number of carbonyl (C=O) groups excluding carboxylic acids is 2. The van der Waals surface area contributed by atoms with Crippen molar-refractivity contribution in [2.45, 2.75) is 33.6 Å². The van der Waals surface area contributed by atoms with Crippen molar-refractivity contribution in [1.82, 2.24) is 0 Å². The minimum absolute atomic E-state index is 0.0588. The third kappa shape index (κ3) is 4.02. The highest BCUT2D eigenvalue weighted by Gasteiger charge is 2.13. The van der Waals surface area contributed by atoms with Crippen LogP contribution in [0.1, 0.15) is 32.8 Å². The predicted octanol–water partition coefficient (Wildman–Crippen LogP) is 2.77. The molecule has 0 bridgehead atoms. The van der Waals surface area contributed by atoms with Gasteiger partial charge in [-0.15, -0.1) is 0 Å². The Morgan fingerprint density at radius 3 is 2.53 bits per heavy atom. The van der Waals surface area contributed by atoms with Crippen LogP contribution in [0.2, 0.25) is 0 Å². The molecule has 1 aromatic carbocycles. The monoisotopic (exact) mass is 234 g/mol. The largest absolute Gasteiger partial charge is 0.426 e. The Bertz CT molecular complexity index is 410. The van der Waals surface area contributed by atoms with Crippen molar-refractivity contribution in [3.63, 3.8) is 0 Å². The molecule has 0 aliphatic carbocycles. The molecule has 1 atom stereocenters. The van der Waals surface area contributed by atoms with Gasteiger partial charge in [0.25, 0.3) is 0 Å². The summed E-state index contributed by atoms with van der Waals surface area (Å²) in [5.74, 6) is 0.387. The van der Waals surface area contributed by atoms with Crippen molar-refractivity contribution in [1.29, 1.82) is 0 Å². The smallest absolute Gasteiger partial charge is 0.310 e. The van der Waals surface area contributed by atoms with Crippen LogP contribution in [0, 0.1) is 5.92 Å². The van der Waals surface area contributed by atoms with E-state index >= 15 is 0 Å². The SMILES string of the molecule is CCC(=O)Oc1ccccc1C[C@H](C)C(C)=O. The van der Waals surface area contributed by atoms with Gasteiger partial charge in [0.1, 0.15) is 11.5 Å². The quantitative estimate of drug-likeness (QED) is 0.581. The first-order valence-corrected chi connectivity index (χ1v) is 5.83. The molecular weight excluding hydrogens is 216 g/mol. The van der Waals surface area contributed by atoms with Gasteiger partial charge in [0.2, 0.25) is 0 Å². The number of esters is 1. The molecule has 17 heavy (non-hydrogen) atoms. The van der Waals surface area contributed by atoms with Gasteiger partial charge in [0.05, 0.1) is 0 Å². The predicted molar refractivity (Wildman–Crippen MR) is 65.9 cm³/mol. The lowest BCUT2D eigenvalue weighted by atomic mass is 9.97. The normalized spacial score (nSPS) is 11.9. The van der Waals surface area contributed by atoms with Crippen LogP contribution >= 0.6 is 0 Å². The molecule has 0 aliphatic rings. The molecular formula is C14H18O3. The highest BCUT2D eigenvalue weighted by atomic mass is 16.5. The van der Waals surface area contributed by atoms with E-state index in [0.29, 0.717) is 18.6 Å². The highest BCUT2D eigenvalue weighted by molar-refractivity contribution is 5.78. The molecule has 0 spiro atoms. The van der Waals surface area contributed by atoms with Gasteiger partial charge in [0.15, 0.2) is 0 Å². The fourth-order valence-electron chi connectivity index (χ4n) is 1.44. The number of benzene rings is 1. The average Bonchev–Trinajstić information content (AvgIpc) is 2.31. The molecule has 0 heterocycles. The van der Waals surface area contributed by atoms with E-state index in [1.807, 2.05) is 25.1 Å². The first-order valence-electron chi connectivity index (χ1n) is 5.83. The number of ether oxygens (including phenoxy) is 1. The van der Waals surface area contributed by atoms with Crippen molar-refractivity contribution in [3.8, 4) is 5.75 Å². The fraction of sp³-hybridized carbons (Fsp3) is 0.429. The molecule has 0 amide bonds. The van der Waals surface area contributed by atoms with Crippen LogP contribution in [0.4, 0.5) is 0 Å². The molecule has 3 nitrogen and oxygen atoms in total. The molecule has 0 N–H and O–H groups in total. The van der Waals surface area contributed by atoms with Crippen molar-refractivity contribution >= 4 is 11.8 Å². The standard InChI is InChI=1S/C14H18O3/c1-4-14(16)17-13-8-6-5-7-12(13)9-10(2)11(3)15/h5-8,10H,4,9H2,1-3H3/t10-/m0/s1. The van der Waals surface area contributed by atoms with Gasteiger partial charge in [0, 0.05) is 12.3 Å². The molecule has 92 valence electrons. The van der Waals surface area contributed by atoms with Gasteiger partial charge in [-0.05, 0) is 25.0 Å². The van der Waals surface area contributed by atoms with Crippen molar-refractivity contribution in [2.75, 3.05) is 0 Å². The summed E-state index contributed by atoms with van der Waals surface area (Å²) in [5, 5.41) is 0. The van der Waals surface area contributed by atoms with Crippen molar-refractivity contribution < 1.29 is 14.3 Å². The Morgan fingerprint density at radius 1 is 1.29 bits per heavy atom. The maximum absolute atomic E-state index is 11.3. The molecule has 0 aliphatic heterocycles. The zero-order valence-corrected chi connectivity index (χ0v) is 10.5. The van der Waals surface area contributed by atoms with E-state index < -0.39 is 0 Å². The zero-order valence-electron chi connectivity index (χ0n) is 10.5. The Kier molecular flexibility index (Phi) is 4.88. The second kappa shape index (κ2) is 6.18. The lowest BCUT2D eigenvalue weighted by Crippen LogP contribution is -2.12. The van der Waals surface area contributed by atoms with E-state index in [1.54, 1.807) is 19.9 Å². The molecule has 1 aromatic rings.